The molecule has 0 aromatic carbocycles. The van der Waals surface area contributed by atoms with Crippen molar-refractivity contribution in [1.29, 1.82) is 0 Å². The molecule has 1 rings (SSSR count). The van der Waals surface area contributed by atoms with E-state index in [0.717, 1.165) is 38.4 Å². The molecule has 1 aliphatic heterocycles. The zero-order chi connectivity index (χ0) is 15.2. The molecule has 4 heteroatoms. The van der Waals surface area contributed by atoms with Gasteiger partial charge in [-0.1, -0.05) is 20.3 Å². The molecule has 20 heavy (non-hydrogen) atoms. The number of nitrogens with one attached hydrogen (secondary N) is 1. The normalized spacial score (nSPS) is 20.9. The van der Waals surface area contributed by atoms with Gasteiger partial charge in [0, 0.05) is 19.1 Å². The van der Waals surface area contributed by atoms with E-state index in [-0.39, 0.29) is 6.09 Å². The predicted molar refractivity (Wildman–Crippen MR) is 82.9 cm³/mol. The second-order valence-electron chi connectivity index (χ2n) is 7.26. The summed E-state index contributed by atoms with van der Waals surface area (Å²) < 4.78 is 5.48. The van der Waals surface area contributed by atoms with E-state index in [1.165, 1.54) is 12.8 Å². The average Bonchev–Trinajstić information content (AvgIpc) is 2.52. The van der Waals surface area contributed by atoms with Crippen molar-refractivity contribution in [2.45, 2.75) is 71.9 Å². The summed E-state index contributed by atoms with van der Waals surface area (Å²) in [5, 5.41) is 3.59. The Morgan fingerprint density at radius 2 is 2.05 bits per heavy atom. The highest BCUT2D eigenvalue weighted by molar-refractivity contribution is 5.68. The van der Waals surface area contributed by atoms with Gasteiger partial charge in [-0.05, 0) is 52.5 Å². The lowest BCUT2D eigenvalue weighted by molar-refractivity contribution is 0.0243. The van der Waals surface area contributed by atoms with Gasteiger partial charge in [0.05, 0.1) is 0 Å². The Balaban J connectivity index is 2.45. The molecule has 1 amide bonds. The molecule has 1 fully saturated rings. The van der Waals surface area contributed by atoms with E-state index in [4.69, 9.17) is 4.74 Å². The van der Waals surface area contributed by atoms with Crippen molar-refractivity contribution in [3.05, 3.63) is 0 Å². The summed E-state index contributed by atoms with van der Waals surface area (Å²) in [5.41, 5.74) is -0.413. The number of carbonyl (C=O) groups excluding carboxylic acids is 1. The molecular formula is C16H32N2O2. The van der Waals surface area contributed by atoms with Gasteiger partial charge < -0.3 is 15.0 Å². The van der Waals surface area contributed by atoms with Gasteiger partial charge in [-0.2, -0.15) is 0 Å². The van der Waals surface area contributed by atoms with Crippen LogP contribution in [0.15, 0.2) is 0 Å². The Morgan fingerprint density at radius 3 is 2.65 bits per heavy atom. The molecule has 1 saturated heterocycles. The van der Waals surface area contributed by atoms with Crippen molar-refractivity contribution in [3.8, 4) is 0 Å². The zero-order valence-corrected chi connectivity index (χ0v) is 13.9. The molecule has 0 aliphatic carbocycles. The minimum atomic E-state index is -0.413. The first-order valence-electron chi connectivity index (χ1n) is 7.99. The zero-order valence-electron chi connectivity index (χ0n) is 13.9. The summed E-state index contributed by atoms with van der Waals surface area (Å²) in [4.78, 5) is 14.0. The molecule has 4 nitrogen and oxygen atoms in total. The van der Waals surface area contributed by atoms with Crippen LogP contribution in [0.4, 0.5) is 4.79 Å². The number of amides is 1. The molecular weight excluding hydrogens is 252 g/mol. The minimum Gasteiger partial charge on any atom is -0.444 e. The smallest absolute Gasteiger partial charge is 0.410 e. The van der Waals surface area contributed by atoms with Gasteiger partial charge >= 0.3 is 6.09 Å². The second kappa shape index (κ2) is 7.87. The van der Waals surface area contributed by atoms with Gasteiger partial charge in [-0.15, -0.1) is 0 Å². The topological polar surface area (TPSA) is 41.6 Å². The fourth-order valence-corrected chi connectivity index (χ4v) is 2.38. The predicted octanol–water partition coefficient (Wildman–Crippen LogP) is 3.41. The van der Waals surface area contributed by atoms with Crippen LogP contribution in [0.5, 0.6) is 0 Å². The van der Waals surface area contributed by atoms with Crippen LogP contribution >= 0.6 is 0 Å². The second-order valence-corrected chi connectivity index (χ2v) is 7.26. The maximum atomic E-state index is 12.2. The third kappa shape index (κ3) is 7.13. The first kappa shape index (κ1) is 17.3. The highest BCUT2D eigenvalue weighted by Crippen LogP contribution is 2.15. The summed E-state index contributed by atoms with van der Waals surface area (Å²) >= 11 is 0. The minimum absolute atomic E-state index is 0.171. The number of hydrogen-bond donors (Lipinski definition) is 1. The van der Waals surface area contributed by atoms with Crippen LogP contribution in [-0.2, 0) is 4.74 Å². The number of ether oxygens (including phenoxy) is 1. The fraction of sp³-hybridized carbons (Fsp3) is 0.938. The van der Waals surface area contributed by atoms with E-state index in [1.807, 2.05) is 25.7 Å². The first-order valence-corrected chi connectivity index (χ1v) is 7.99. The van der Waals surface area contributed by atoms with E-state index in [9.17, 15) is 4.79 Å². The molecule has 1 atom stereocenters. The maximum Gasteiger partial charge on any atom is 0.410 e. The lowest BCUT2D eigenvalue weighted by Gasteiger charge is -2.28. The molecule has 1 N–H and O–H groups in total. The van der Waals surface area contributed by atoms with E-state index in [2.05, 4.69) is 19.2 Å². The maximum absolute atomic E-state index is 12.2. The third-order valence-electron chi connectivity index (χ3n) is 3.48. The van der Waals surface area contributed by atoms with Gasteiger partial charge in [-0.3, -0.25) is 0 Å². The Bertz CT molecular complexity index is 297. The first-order chi connectivity index (χ1) is 9.28. The van der Waals surface area contributed by atoms with Gasteiger partial charge in [0.15, 0.2) is 0 Å². The van der Waals surface area contributed by atoms with Crippen molar-refractivity contribution in [2.24, 2.45) is 5.92 Å². The summed E-state index contributed by atoms with van der Waals surface area (Å²) in [6, 6.07) is 0.406. The van der Waals surface area contributed by atoms with Crippen LogP contribution in [0.2, 0.25) is 0 Å². The van der Waals surface area contributed by atoms with Gasteiger partial charge in [-0.25, -0.2) is 4.79 Å². The number of rotatable bonds is 4. The van der Waals surface area contributed by atoms with E-state index in [1.54, 1.807) is 0 Å². The van der Waals surface area contributed by atoms with Crippen LogP contribution < -0.4 is 5.32 Å². The summed E-state index contributed by atoms with van der Waals surface area (Å²) in [5.74, 6) is 0.718. The molecule has 118 valence electrons. The molecule has 1 heterocycles. The monoisotopic (exact) mass is 284 g/mol. The van der Waals surface area contributed by atoms with Crippen LogP contribution in [0.1, 0.15) is 60.3 Å². The lowest BCUT2D eigenvalue weighted by atomic mass is 10.1. The molecule has 0 aromatic heterocycles. The van der Waals surface area contributed by atoms with Crippen LogP contribution in [-0.4, -0.2) is 42.3 Å². The van der Waals surface area contributed by atoms with Crippen molar-refractivity contribution in [3.63, 3.8) is 0 Å². The van der Waals surface area contributed by atoms with Crippen molar-refractivity contribution in [1.82, 2.24) is 10.2 Å². The molecule has 0 bridgehead atoms. The average molecular weight is 284 g/mol. The number of carbonyl (C=O) groups is 1. The lowest BCUT2D eigenvalue weighted by Crippen LogP contribution is -2.44. The van der Waals surface area contributed by atoms with E-state index < -0.39 is 5.60 Å². The Hall–Kier alpha value is -0.770. The SMILES string of the molecule is CC(C)CCNC1CCCCN(C(=O)OC(C)(C)C)C1. The van der Waals surface area contributed by atoms with E-state index >= 15 is 0 Å². The molecule has 0 spiro atoms. The van der Waals surface area contributed by atoms with Gasteiger partial charge in [0.1, 0.15) is 5.60 Å². The van der Waals surface area contributed by atoms with E-state index in [0.29, 0.717) is 6.04 Å². The largest absolute Gasteiger partial charge is 0.444 e. The number of hydrogen-bond acceptors (Lipinski definition) is 3. The fourth-order valence-electron chi connectivity index (χ4n) is 2.38. The summed E-state index contributed by atoms with van der Waals surface area (Å²) in [7, 11) is 0. The standard InChI is InChI=1S/C16H32N2O2/c1-13(2)9-10-17-14-8-6-7-11-18(12-14)15(19)20-16(3,4)5/h13-14,17H,6-12H2,1-5H3. The Morgan fingerprint density at radius 1 is 1.35 bits per heavy atom. The molecule has 0 saturated carbocycles. The molecule has 0 radical (unpaired) electrons. The van der Waals surface area contributed by atoms with Gasteiger partial charge in [0.25, 0.3) is 0 Å². The van der Waals surface area contributed by atoms with Crippen LogP contribution in [0, 0.1) is 5.92 Å². The highest BCUT2D eigenvalue weighted by Gasteiger charge is 2.26. The third-order valence-corrected chi connectivity index (χ3v) is 3.48. The Kier molecular flexibility index (Phi) is 6.80. The molecule has 1 aliphatic rings. The van der Waals surface area contributed by atoms with Crippen LogP contribution in [0.3, 0.4) is 0 Å². The summed E-state index contributed by atoms with van der Waals surface area (Å²) in [6.07, 6.45) is 4.41. The molecule has 1 unspecified atom stereocenters. The van der Waals surface area contributed by atoms with Gasteiger partial charge in [0.2, 0.25) is 0 Å². The quantitative estimate of drug-likeness (QED) is 0.860. The van der Waals surface area contributed by atoms with Crippen molar-refractivity contribution in [2.75, 3.05) is 19.6 Å². The molecule has 0 aromatic rings. The highest BCUT2D eigenvalue weighted by atomic mass is 16.6. The number of likely N-dealkylation sites (tertiary alicyclic amines) is 1. The number of nitrogens with zero attached hydrogens (tertiary/aromatic N) is 1. The van der Waals surface area contributed by atoms with Crippen molar-refractivity contribution >= 4 is 6.09 Å². The summed E-state index contributed by atoms with van der Waals surface area (Å²) in [6.45, 7) is 12.8. The Labute approximate surface area is 124 Å². The van der Waals surface area contributed by atoms with Crippen molar-refractivity contribution < 1.29 is 9.53 Å². The van der Waals surface area contributed by atoms with Crippen LogP contribution in [0.25, 0.3) is 0 Å².